The molecule has 36 heavy (non-hydrogen) atoms. The Morgan fingerprint density at radius 2 is 1.56 bits per heavy atom. The number of carbonyl (C=O) groups excluding carboxylic acids is 1. The minimum Gasteiger partial charge on any atom is -0.343 e. The molecule has 1 heterocycles. The van der Waals surface area contributed by atoms with Crippen LogP contribution in [0.15, 0.2) is 84.9 Å². The van der Waals surface area contributed by atoms with Gasteiger partial charge < -0.3 is 9.88 Å². The van der Waals surface area contributed by atoms with E-state index in [2.05, 4.69) is 29.7 Å². The maximum atomic E-state index is 13.9. The molecule has 0 spiro atoms. The summed E-state index contributed by atoms with van der Waals surface area (Å²) in [6.07, 6.45) is 7.96. The number of carbonyl (C=O) groups is 1. The quantitative estimate of drug-likeness (QED) is 0.191. The fourth-order valence-corrected chi connectivity index (χ4v) is 4.71. The Balaban J connectivity index is 1.99. The summed E-state index contributed by atoms with van der Waals surface area (Å²) in [7, 11) is 0. The minimum atomic E-state index is -0.293. The van der Waals surface area contributed by atoms with Crippen molar-refractivity contribution in [2.75, 3.05) is 5.32 Å². The van der Waals surface area contributed by atoms with Gasteiger partial charge in [0.1, 0.15) is 5.82 Å². The van der Waals surface area contributed by atoms with Gasteiger partial charge in [0.25, 0.3) is 5.91 Å². The Kier molecular flexibility index (Phi) is 8.02. The van der Waals surface area contributed by atoms with Crippen molar-refractivity contribution in [1.82, 2.24) is 4.57 Å². The van der Waals surface area contributed by atoms with Gasteiger partial charge in [-0.1, -0.05) is 62.4 Å². The molecule has 4 aromatic rings. The molecule has 0 saturated heterocycles. The molecule has 0 saturated carbocycles. The van der Waals surface area contributed by atoms with Crippen molar-refractivity contribution in [1.29, 1.82) is 0 Å². The first-order valence-corrected chi connectivity index (χ1v) is 12.4. The Bertz CT molecular complexity index is 1350. The second-order valence-electron chi connectivity index (χ2n) is 9.14. The molecule has 0 fully saturated rings. The van der Waals surface area contributed by atoms with E-state index >= 15 is 0 Å². The number of para-hydroxylation sites is 1. The number of rotatable bonds is 9. The van der Waals surface area contributed by atoms with Gasteiger partial charge in [-0.15, -0.1) is 12.3 Å². The zero-order valence-corrected chi connectivity index (χ0v) is 20.8. The molecule has 182 valence electrons. The van der Waals surface area contributed by atoms with Crippen LogP contribution in [-0.4, -0.2) is 10.5 Å². The second-order valence-corrected chi connectivity index (χ2v) is 9.14. The number of aromatic nitrogens is 1. The highest BCUT2D eigenvalue weighted by atomic mass is 19.1. The van der Waals surface area contributed by atoms with Crippen LogP contribution in [0.25, 0.3) is 22.4 Å². The number of nitrogens with zero attached hydrogens (tertiary/aromatic N) is 1. The number of terminal acetylenes is 1. The third-order valence-corrected chi connectivity index (χ3v) is 6.24. The molecule has 0 aliphatic rings. The first kappa shape index (κ1) is 25.0. The summed E-state index contributed by atoms with van der Waals surface area (Å²) in [5.41, 5.74) is 5.94. The molecule has 0 unspecified atom stereocenters. The maximum absolute atomic E-state index is 13.9. The molecule has 4 rings (SSSR count). The predicted molar refractivity (Wildman–Crippen MR) is 146 cm³/mol. The number of hydrogen-bond acceptors (Lipinski definition) is 1. The highest BCUT2D eigenvalue weighted by Crippen LogP contribution is 2.42. The third kappa shape index (κ3) is 5.42. The van der Waals surface area contributed by atoms with Crippen LogP contribution in [0.5, 0.6) is 0 Å². The van der Waals surface area contributed by atoms with E-state index in [0.717, 1.165) is 46.6 Å². The fraction of sp³-hybridized carbons (Fsp3) is 0.219. The topological polar surface area (TPSA) is 34.0 Å². The predicted octanol–water partition coefficient (Wildman–Crippen LogP) is 8.14. The number of unbranched alkanes of at least 4 members (excludes halogenated alkanes) is 2. The van der Waals surface area contributed by atoms with Gasteiger partial charge in [-0.3, -0.25) is 4.79 Å². The van der Waals surface area contributed by atoms with E-state index in [1.54, 1.807) is 12.1 Å². The number of anilines is 1. The smallest absolute Gasteiger partial charge is 0.258 e. The highest BCUT2D eigenvalue weighted by Gasteiger charge is 2.30. The largest absolute Gasteiger partial charge is 0.343 e. The van der Waals surface area contributed by atoms with E-state index in [9.17, 15) is 9.18 Å². The number of nitrogens with one attached hydrogen (secondary N) is 1. The van der Waals surface area contributed by atoms with Crippen molar-refractivity contribution in [2.24, 2.45) is 0 Å². The van der Waals surface area contributed by atoms with Crippen molar-refractivity contribution in [3.05, 3.63) is 102 Å². The summed E-state index contributed by atoms with van der Waals surface area (Å²) >= 11 is 0. The molecule has 1 aromatic heterocycles. The van der Waals surface area contributed by atoms with Gasteiger partial charge in [-0.25, -0.2) is 4.39 Å². The maximum Gasteiger partial charge on any atom is 0.258 e. The van der Waals surface area contributed by atoms with Crippen LogP contribution >= 0.6 is 0 Å². The zero-order valence-electron chi connectivity index (χ0n) is 20.8. The Morgan fingerprint density at radius 1 is 0.917 bits per heavy atom. The van der Waals surface area contributed by atoms with Crippen LogP contribution < -0.4 is 5.32 Å². The SMILES string of the molecule is C#CCCCCn1c(-c2ccc(F)cc2)c(-c2ccccc2)c(C(=O)Nc2ccccc2)c1C(C)C. The van der Waals surface area contributed by atoms with E-state index < -0.39 is 0 Å². The average molecular weight is 479 g/mol. The van der Waals surface area contributed by atoms with Crippen LogP contribution in [0.2, 0.25) is 0 Å². The normalized spacial score (nSPS) is 10.9. The highest BCUT2D eigenvalue weighted by molar-refractivity contribution is 6.12. The number of amides is 1. The Morgan fingerprint density at radius 3 is 2.17 bits per heavy atom. The standard InChI is InChI=1S/C32H31FN2O/c1-4-5-6-13-22-35-30(23(2)3)29(32(36)34-27-16-11-8-12-17-27)28(24-14-9-7-10-15-24)31(35)25-18-20-26(33)21-19-25/h1,7-12,14-21,23H,5-6,13,22H2,2-3H3,(H,34,36). The molecule has 0 radical (unpaired) electrons. The molecule has 0 atom stereocenters. The monoisotopic (exact) mass is 478 g/mol. The van der Waals surface area contributed by atoms with Gasteiger partial charge in [0.15, 0.2) is 0 Å². The molecule has 0 aliphatic heterocycles. The molecule has 3 aromatic carbocycles. The van der Waals surface area contributed by atoms with Crippen molar-refractivity contribution in [3.8, 4) is 34.7 Å². The number of hydrogen-bond donors (Lipinski definition) is 1. The molecule has 0 aliphatic carbocycles. The lowest BCUT2D eigenvalue weighted by molar-refractivity contribution is 0.102. The molecule has 4 heteroatoms. The van der Waals surface area contributed by atoms with Crippen LogP contribution in [-0.2, 0) is 6.54 Å². The summed E-state index contributed by atoms with van der Waals surface area (Å²) in [5.74, 6) is 2.34. The van der Waals surface area contributed by atoms with E-state index in [1.165, 1.54) is 12.1 Å². The summed E-state index contributed by atoms with van der Waals surface area (Å²) in [6, 6.07) is 26.0. The lowest BCUT2D eigenvalue weighted by Gasteiger charge is -2.17. The van der Waals surface area contributed by atoms with E-state index in [1.807, 2.05) is 60.7 Å². The molecular formula is C32H31FN2O. The average Bonchev–Trinajstić information content (AvgIpc) is 3.24. The number of halogens is 1. The molecule has 1 amide bonds. The van der Waals surface area contributed by atoms with Crippen LogP contribution in [0.3, 0.4) is 0 Å². The van der Waals surface area contributed by atoms with Gasteiger partial charge in [0.05, 0.1) is 11.3 Å². The third-order valence-electron chi connectivity index (χ3n) is 6.24. The zero-order chi connectivity index (χ0) is 25.5. The molecular weight excluding hydrogens is 447 g/mol. The molecule has 0 bridgehead atoms. The Hall–Kier alpha value is -4.10. The van der Waals surface area contributed by atoms with Crippen LogP contribution in [0.4, 0.5) is 10.1 Å². The van der Waals surface area contributed by atoms with E-state index in [0.29, 0.717) is 18.5 Å². The summed E-state index contributed by atoms with van der Waals surface area (Å²) in [5, 5.41) is 3.10. The van der Waals surface area contributed by atoms with Gasteiger partial charge in [0, 0.05) is 29.9 Å². The first-order valence-electron chi connectivity index (χ1n) is 12.4. The van der Waals surface area contributed by atoms with Crippen molar-refractivity contribution >= 4 is 11.6 Å². The minimum absolute atomic E-state index is 0.0748. The summed E-state index contributed by atoms with van der Waals surface area (Å²) < 4.78 is 16.2. The summed E-state index contributed by atoms with van der Waals surface area (Å²) in [6.45, 7) is 4.92. The molecule has 1 N–H and O–H groups in total. The molecule has 3 nitrogen and oxygen atoms in total. The first-order chi connectivity index (χ1) is 17.5. The van der Waals surface area contributed by atoms with Gasteiger partial charge in [-0.2, -0.15) is 0 Å². The van der Waals surface area contributed by atoms with Gasteiger partial charge in [0.2, 0.25) is 0 Å². The van der Waals surface area contributed by atoms with Crippen LogP contribution in [0, 0.1) is 18.2 Å². The van der Waals surface area contributed by atoms with Crippen molar-refractivity contribution < 1.29 is 9.18 Å². The van der Waals surface area contributed by atoms with E-state index in [4.69, 9.17) is 6.42 Å². The van der Waals surface area contributed by atoms with Crippen molar-refractivity contribution in [3.63, 3.8) is 0 Å². The number of benzene rings is 3. The van der Waals surface area contributed by atoms with E-state index in [-0.39, 0.29) is 17.6 Å². The fourth-order valence-electron chi connectivity index (χ4n) is 4.71. The second kappa shape index (κ2) is 11.6. The lowest BCUT2D eigenvalue weighted by atomic mass is 9.94. The van der Waals surface area contributed by atoms with Gasteiger partial charge in [-0.05, 0) is 66.3 Å². The lowest BCUT2D eigenvalue weighted by Crippen LogP contribution is -2.16. The van der Waals surface area contributed by atoms with Crippen molar-refractivity contribution in [2.45, 2.75) is 45.6 Å². The van der Waals surface area contributed by atoms with Crippen LogP contribution in [0.1, 0.15) is 55.1 Å². The summed E-state index contributed by atoms with van der Waals surface area (Å²) in [4.78, 5) is 13.9. The Labute approximate surface area is 213 Å². The van der Waals surface area contributed by atoms with Gasteiger partial charge >= 0.3 is 0 Å².